The minimum atomic E-state index is -1.01. The number of carbonyl (C=O) groups is 2. The van der Waals surface area contributed by atoms with Gasteiger partial charge in [-0.15, -0.1) is 0 Å². The van der Waals surface area contributed by atoms with Crippen LogP contribution >= 0.6 is 0 Å². The van der Waals surface area contributed by atoms with Gasteiger partial charge in [0.25, 0.3) is 0 Å². The van der Waals surface area contributed by atoms with Crippen LogP contribution in [0.25, 0.3) is 0 Å². The lowest BCUT2D eigenvalue weighted by Crippen LogP contribution is -2.13. The molecule has 0 spiro atoms. The summed E-state index contributed by atoms with van der Waals surface area (Å²) in [4.78, 5) is 21.5. The molecule has 3 heteroatoms. The summed E-state index contributed by atoms with van der Waals surface area (Å²) in [5.41, 5.74) is 1.25. The van der Waals surface area contributed by atoms with Crippen molar-refractivity contribution in [2.24, 2.45) is 0 Å². The van der Waals surface area contributed by atoms with E-state index in [0.717, 1.165) is 5.56 Å². The smallest absolute Gasteiger partial charge is 0.335 e. The van der Waals surface area contributed by atoms with Crippen molar-refractivity contribution < 1.29 is 14.7 Å². The quantitative estimate of drug-likeness (QED) is 0.756. The number of aldehydes is 1. The Kier molecular flexibility index (Phi) is 2.93. The Morgan fingerprint density at radius 2 is 1.87 bits per heavy atom. The van der Waals surface area contributed by atoms with Gasteiger partial charge in [0.1, 0.15) is 6.29 Å². The van der Waals surface area contributed by atoms with Crippen molar-refractivity contribution in [2.45, 2.75) is 26.2 Å². The fourth-order valence-electron chi connectivity index (χ4n) is 1.28. The summed E-state index contributed by atoms with van der Waals surface area (Å²) < 4.78 is 0. The lowest BCUT2D eigenvalue weighted by molar-refractivity contribution is 0.0696. The summed E-state index contributed by atoms with van der Waals surface area (Å²) >= 11 is 0. The third kappa shape index (κ3) is 2.65. The molecule has 0 heterocycles. The van der Waals surface area contributed by atoms with E-state index in [1.54, 1.807) is 12.1 Å². The minimum absolute atomic E-state index is 0.157. The monoisotopic (exact) mass is 206 g/mol. The molecule has 0 aliphatic heterocycles. The molecule has 0 bridgehead atoms. The van der Waals surface area contributed by atoms with E-state index in [1.807, 2.05) is 20.8 Å². The van der Waals surface area contributed by atoms with Crippen LogP contribution in [0.5, 0.6) is 0 Å². The second kappa shape index (κ2) is 3.85. The highest BCUT2D eigenvalue weighted by molar-refractivity contribution is 5.90. The molecule has 0 fully saturated rings. The zero-order valence-electron chi connectivity index (χ0n) is 9.07. The average Bonchev–Trinajstić information content (AvgIpc) is 2.15. The Hall–Kier alpha value is -1.64. The maximum Gasteiger partial charge on any atom is 0.335 e. The van der Waals surface area contributed by atoms with Crippen molar-refractivity contribution in [3.8, 4) is 0 Å². The van der Waals surface area contributed by atoms with Crippen molar-refractivity contribution >= 4 is 12.3 Å². The SMILES string of the molecule is CC(C)(C)c1cc(C=O)cc(C(=O)O)c1. The van der Waals surface area contributed by atoms with Crippen LogP contribution in [0, 0.1) is 0 Å². The van der Waals surface area contributed by atoms with Gasteiger partial charge in [-0.25, -0.2) is 4.79 Å². The molecule has 1 N–H and O–H groups in total. The number of hydrogen-bond acceptors (Lipinski definition) is 2. The average molecular weight is 206 g/mol. The predicted octanol–water partition coefficient (Wildman–Crippen LogP) is 2.49. The molecule has 0 amide bonds. The minimum Gasteiger partial charge on any atom is -0.478 e. The summed E-state index contributed by atoms with van der Waals surface area (Å²) in [5, 5.41) is 8.88. The zero-order chi connectivity index (χ0) is 11.6. The second-order valence-electron chi connectivity index (χ2n) is 4.52. The van der Waals surface area contributed by atoms with Crippen LogP contribution in [0.2, 0.25) is 0 Å². The Balaban J connectivity index is 3.36. The van der Waals surface area contributed by atoms with E-state index in [4.69, 9.17) is 5.11 Å². The Morgan fingerprint density at radius 1 is 1.27 bits per heavy atom. The summed E-state index contributed by atoms with van der Waals surface area (Å²) in [6.07, 6.45) is 0.668. The van der Waals surface area contributed by atoms with E-state index in [0.29, 0.717) is 11.8 Å². The van der Waals surface area contributed by atoms with Crippen LogP contribution in [0.4, 0.5) is 0 Å². The zero-order valence-corrected chi connectivity index (χ0v) is 9.07. The number of rotatable bonds is 2. The lowest BCUT2D eigenvalue weighted by atomic mass is 9.85. The first kappa shape index (κ1) is 11.4. The Morgan fingerprint density at radius 3 is 2.27 bits per heavy atom. The van der Waals surface area contributed by atoms with E-state index in [1.165, 1.54) is 6.07 Å². The standard InChI is InChI=1S/C12H14O3/c1-12(2,3)10-5-8(7-13)4-9(6-10)11(14)15/h4-7H,1-3H3,(H,14,15). The summed E-state index contributed by atoms with van der Waals surface area (Å²) in [6.45, 7) is 5.92. The number of hydrogen-bond donors (Lipinski definition) is 1. The topological polar surface area (TPSA) is 54.4 Å². The Labute approximate surface area is 88.7 Å². The van der Waals surface area contributed by atoms with Gasteiger partial charge in [-0.05, 0) is 29.2 Å². The van der Waals surface area contributed by atoms with Crippen LogP contribution in [0.15, 0.2) is 18.2 Å². The molecule has 0 saturated carbocycles. The molecule has 80 valence electrons. The number of carboxylic acids is 1. The van der Waals surface area contributed by atoms with E-state index in [2.05, 4.69) is 0 Å². The first-order valence-electron chi connectivity index (χ1n) is 4.68. The van der Waals surface area contributed by atoms with E-state index in [9.17, 15) is 9.59 Å². The van der Waals surface area contributed by atoms with Gasteiger partial charge in [0, 0.05) is 5.56 Å². The third-order valence-corrected chi connectivity index (χ3v) is 2.20. The van der Waals surface area contributed by atoms with Crippen LogP contribution in [0.3, 0.4) is 0 Å². The van der Waals surface area contributed by atoms with Crippen LogP contribution in [-0.2, 0) is 5.41 Å². The van der Waals surface area contributed by atoms with Gasteiger partial charge in [0.15, 0.2) is 0 Å². The van der Waals surface area contributed by atoms with Crippen molar-refractivity contribution in [3.63, 3.8) is 0 Å². The highest BCUT2D eigenvalue weighted by Gasteiger charge is 2.16. The molecule has 0 radical (unpaired) electrons. The maximum absolute atomic E-state index is 10.8. The van der Waals surface area contributed by atoms with Crippen LogP contribution < -0.4 is 0 Å². The predicted molar refractivity (Wildman–Crippen MR) is 57.5 cm³/mol. The molecular weight excluding hydrogens is 192 g/mol. The second-order valence-corrected chi connectivity index (χ2v) is 4.52. The van der Waals surface area contributed by atoms with Crippen molar-refractivity contribution in [3.05, 3.63) is 34.9 Å². The van der Waals surface area contributed by atoms with Gasteiger partial charge in [-0.1, -0.05) is 20.8 Å². The van der Waals surface area contributed by atoms with Gasteiger partial charge in [0.2, 0.25) is 0 Å². The molecule has 1 rings (SSSR count). The number of carboxylic acid groups (broad SMARTS) is 1. The highest BCUT2D eigenvalue weighted by Crippen LogP contribution is 2.24. The molecule has 1 aromatic carbocycles. The molecule has 15 heavy (non-hydrogen) atoms. The normalized spacial score (nSPS) is 11.1. The Bertz CT molecular complexity index is 400. The number of aromatic carboxylic acids is 1. The van der Waals surface area contributed by atoms with Gasteiger partial charge >= 0.3 is 5.97 Å². The van der Waals surface area contributed by atoms with Crippen molar-refractivity contribution in [2.75, 3.05) is 0 Å². The molecule has 0 atom stereocenters. The van der Waals surface area contributed by atoms with Crippen LogP contribution in [-0.4, -0.2) is 17.4 Å². The summed E-state index contributed by atoms with van der Waals surface area (Å²) in [5.74, 6) is -1.01. The van der Waals surface area contributed by atoms with E-state index < -0.39 is 5.97 Å². The van der Waals surface area contributed by atoms with Gasteiger partial charge in [-0.3, -0.25) is 4.79 Å². The van der Waals surface area contributed by atoms with Gasteiger partial charge in [0.05, 0.1) is 5.56 Å². The first-order valence-corrected chi connectivity index (χ1v) is 4.68. The fourth-order valence-corrected chi connectivity index (χ4v) is 1.28. The van der Waals surface area contributed by atoms with E-state index in [-0.39, 0.29) is 11.0 Å². The fraction of sp³-hybridized carbons (Fsp3) is 0.333. The highest BCUT2D eigenvalue weighted by atomic mass is 16.4. The summed E-state index contributed by atoms with van der Waals surface area (Å²) in [6, 6.07) is 4.71. The third-order valence-electron chi connectivity index (χ3n) is 2.20. The molecule has 0 unspecified atom stereocenters. The molecule has 1 aromatic rings. The molecule has 3 nitrogen and oxygen atoms in total. The summed E-state index contributed by atoms with van der Waals surface area (Å²) in [7, 11) is 0. The largest absolute Gasteiger partial charge is 0.478 e. The number of carbonyl (C=O) groups excluding carboxylic acids is 1. The first-order chi connectivity index (χ1) is 6.84. The van der Waals surface area contributed by atoms with Crippen LogP contribution in [0.1, 0.15) is 47.1 Å². The molecule has 0 aliphatic rings. The van der Waals surface area contributed by atoms with Crippen molar-refractivity contribution in [1.29, 1.82) is 0 Å². The van der Waals surface area contributed by atoms with Crippen molar-refractivity contribution in [1.82, 2.24) is 0 Å². The molecule has 0 saturated heterocycles. The molecule has 0 aromatic heterocycles. The lowest BCUT2D eigenvalue weighted by Gasteiger charge is -2.19. The number of benzene rings is 1. The maximum atomic E-state index is 10.8. The molecule has 0 aliphatic carbocycles. The van der Waals surface area contributed by atoms with Gasteiger partial charge in [-0.2, -0.15) is 0 Å². The van der Waals surface area contributed by atoms with E-state index >= 15 is 0 Å². The molecular formula is C12H14O3. The van der Waals surface area contributed by atoms with Gasteiger partial charge < -0.3 is 5.11 Å².